The molecule has 0 unspecified atom stereocenters. The molecule has 2 aromatic rings. The first-order valence-electron chi connectivity index (χ1n) is 8.49. The third-order valence-electron chi connectivity index (χ3n) is 4.57. The molecule has 2 aromatic heterocycles. The second-order valence-electron chi connectivity index (χ2n) is 6.52. The molecule has 2 heteroatoms. The van der Waals surface area contributed by atoms with E-state index in [1.807, 2.05) is 11.3 Å². The summed E-state index contributed by atoms with van der Waals surface area (Å²) < 4.78 is 4.13. The SMILES string of the molecule is CCCCCCCCn1c2c(c3sc(C)cc31)CC(C)=C2. The van der Waals surface area contributed by atoms with E-state index in [9.17, 15) is 0 Å². The predicted molar refractivity (Wildman–Crippen MR) is 95.3 cm³/mol. The minimum absolute atomic E-state index is 1.16. The number of aromatic nitrogens is 1. The van der Waals surface area contributed by atoms with Crippen LogP contribution in [-0.4, -0.2) is 4.57 Å². The molecule has 1 nitrogen and oxygen atoms in total. The van der Waals surface area contributed by atoms with E-state index in [1.54, 1.807) is 10.3 Å². The lowest BCUT2D eigenvalue weighted by atomic mass is 10.1. The molecule has 3 rings (SSSR count). The van der Waals surface area contributed by atoms with Gasteiger partial charge < -0.3 is 4.57 Å². The van der Waals surface area contributed by atoms with Gasteiger partial charge in [0.1, 0.15) is 0 Å². The van der Waals surface area contributed by atoms with Gasteiger partial charge in [-0.3, -0.25) is 0 Å². The maximum Gasteiger partial charge on any atom is 0.0600 e. The Morgan fingerprint density at radius 3 is 2.67 bits per heavy atom. The Hall–Kier alpha value is -1.02. The van der Waals surface area contributed by atoms with Gasteiger partial charge in [-0.1, -0.05) is 44.6 Å². The fourth-order valence-corrected chi connectivity index (χ4v) is 4.58. The lowest BCUT2D eigenvalue weighted by molar-refractivity contribution is 0.564. The molecule has 0 N–H and O–H groups in total. The lowest BCUT2D eigenvalue weighted by Gasteiger charge is -2.08. The highest BCUT2D eigenvalue weighted by atomic mass is 32.1. The van der Waals surface area contributed by atoms with E-state index in [-0.39, 0.29) is 0 Å². The Morgan fingerprint density at radius 1 is 1.10 bits per heavy atom. The average Bonchev–Trinajstić information content (AvgIpc) is 3.06. The summed E-state index contributed by atoms with van der Waals surface area (Å²) >= 11 is 1.98. The van der Waals surface area contributed by atoms with Gasteiger partial charge in [0, 0.05) is 17.1 Å². The Kier molecular flexibility index (Phi) is 4.54. The minimum Gasteiger partial charge on any atom is -0.340 e. The zero-order chi connectivity index (χ0) is 14.8. The van der Waals surface area contributed by atoms with Crippen LogP contribution < -0.4 is 0 Å². The second-order valence-corrected chi connectivity index (χ2v) is 7.78. The summed E-state index contributed by atoms with van der Waals surface area (Å²) in [6.07, 6.45) is 11.8. The first-order chi connectivity index (χ1) is 10.2. The fourth-order valence-electron chi connectivity index (χ4n) is 3.52. The summed E-state index contributed by atoms with van der Waals surface area (Å²) in [7, 11) is 0. The van der Waals surface area contributed by atoms with Gasteiger partial charge >= 0.3 is 0 Å². The van der Waals surface area contributed by atoms with E-state index in [2.05, 4.69) is 37.5 Å². The number of thiophene rings is 1. The van der Waals surface area contributed by atoms with Crippen LogP contribution in [0.15, 0.2) is 11.6 Å². The fraction of sp³-hybridized carbons (Fsp3) is 0.579. The third kappa shape index (κ3) is 2.96. The normalized spacial score (nSPS) is 14.0. The van der Waals surface area contributed by atoms with Gasteiger partial charge in [0.05, 0.1) is 10.2 Å². The van der Waals surface area contributed by atoms with E-state index in [4.69, 9.17) is 0 Å². The molecular formula is C19H27NS. The molecule has 0 saturated carbocycles. The van der Waals surface area contributed by atoms with Crippen LogP contribution in [0.5, 0.6) is 0 Å². The molecule has 0 aromatic carbocycles. The Balaban J connectivity index is 1.73. The van der Waals surface area contributed by atoms with Crippen LogP contribution in [0.25, 0.3) is 16.3 Å². The van der Waals surface area contributed by atoms with Crippen molar-refractivity contribution >= 4 is 27.6 Å². The first-order valence-corrected chi connectivity index (χ1v) is 9.31. The van der Waals surface area contributed by atoms with E-state index in [0.717, 1.165) is 6.42 Å². The molecule has 1 aliphatic carbocycles. The number of hydrogen-bond acceptors (Lipinski definition) is 1. The Bertz CT molecular complexity index is 657. The maximum atomic E-state index is 2.59. The van der Waals surface area contributed by atoms with Gasteiger partial charge in [0.2, 0.25) is 0 Å². The molecular weight excluding hydrogens is 274 g/mol. The summed E-state index contributed by atoms with van der Waals surface area (Å²) in [5.41, 5.74) is 6.10. The predicted octanol–water partition coefficient (Wildman–Crippen LogP) is 6.33. The van der Waals surface area contributed by atoms with Crippen molar-refractivity contribution < 1.29 is 0 Å². The van der Waals surface area contributed by atoms with Crippen LogP contribution in [0.1, 0.15) is 68.5 Å². The molecule has 0 bridgehead atoms. The van der Waals surface area contributed by atoms with Gasteiger partial charge in [-0.25, -0.2) is 0 Å². The van der Waals surface area contributed by atoms with Gasteiger partial charge in [-0.15, -0.1) is 11.3 Å². The van der Waals surface area contributed by atoms with Gasteiger partial charge in [-0.2, -0.15) is 0 Å². The lowest BCUT2D eigenvalue weighted by Crippen LogP contribution is -2.00. The van der Waals surface area contributed by atoms with Crippen LogP contribution in [0.2, 0.25) is 0 Å². The standard InChI is InChI=1S/C19H27NS/c1-4-5-6-7-8-9-10-20-17-12-14(2)11-16(17)19-18(20)13-15(3)21-19/h12-13H,4-11H2,1-3H3. The highest BCUT2D eigenvalue weighted by Crippen LogP contribution is 2.39. The molecule has 0 spiro atoms. The molecule has 0 atom stereocenters. The van der Waals surface area contributed by atoms with E-state index < -0.39 is 0 Å². The van der Waals surface area contributed by atoms with Gasteiger partial charge in [0.25, 0.3) is 0 Å². The quantitative estimate of drug-likeness (QED) is 0.526. The number of unbranched alkanes of at least 4 members (excludes halogenated alkanes) is 5. The van der Waals surface area contributed by atoms with Crippen molar-refractivity contribution in [2.24, 2.45) is 0 Å². The number of hydrogen-bond donors (Lipinski definition) is 0. The molecule has 114 valence electrons. The monoisotopic (exact) mass is 301 g/mol. The molecule has 0 radical (unpaired) electrons. The number of nitrogens with zero attached hydrogens (tertiary/aromatic N) is 1. The summed E-state index contributed by atoms with van der Waals surface area (Å²) in [5.74, 6) is 0. The van der Waals surface area contributed by atoms with E-state index in [1.165, 1.54) is 66.7 Å². The largest absolute Gasteiger partial charge is 0.340 e. The number of rotatable bonds is 7. The smallest absolute Gasteiger partial charge is 0.0600 e. The van der Waals surface area contributed by atoms with Crippen molar-refractivity contribution in [2.45, 2.75) is 72.3 Å². The molecule has 21 heavy (non-hydrogen) atoms. The summed E-state index contributed by atoms with van der Waals surface area (Å²) in [6, 6.07) is 2.39. The van der Waals surface area contributed by atoms with Crippen molar-refractivity contribution in [3.8, 4) is 0 Å². The van der Waals surface area contributed by atoms with Crippen molar-refractivity contribution in [2.75, 3.05) is 0 Å². The van der Waals surface area contributed by atoms with E-state index >= 15 is 0 Å². The van der Waals surface area contributed by atoms with Crippen molar-refractivity contribution in [3.05, 3.63) is 27.8 Å². The molecule has 0 aliphatic heterocycles. The highest BCUT2D eigenvalue weighted by molar-refractivity contribution is 7.19. The van der Waals surface area contributed by atoms with Gasteiger partial charge in [-0.05, 0) is 44.4 Å². The van der Waals surface area contributed by atoms with Crippen molar-refractivity contribution in [1.82, 2.24) is 4.57 Å². The van der Waals surface area contributed by atoms with Crippen LogP contribution in [0, 0.1) is 6.92 Å². The Labute approximate surface area is 132 Å². The highest BCUT2D eigenvalue weighted by Gasteiger charge is 2.21. The number of fused-ring (bicyclic) bond motifs is 3. The average molecular weight is 301 g/mol. The minimum atomic E-state index is 1.16. The molecule has 0 amide bonds. The van der Waals surface area contributed by atoms with Crippen LogP contribution in [0.4, 0.5) is 0 Å². The summed E-state index contributed by atoms with van der Waals surface area (Å²) in [5, 5.41) is 0. The maximum absolute atomic E-state index is 2.59. The number of allylic oxidation sites excluding steroid dienone is 1. The Morgan fingerprint density at radius 2 is 1.86 bits per heavy atom. The van der Waals surface area contributed by atoms with Crippen LogP contribution in [-0.2, 0) is 13.0 Å². The third-order valence-corrected chi connectivity index (χ3v) is 5.67. The van der Waals surface area contributed by atoms with Crippen molar-refractivity contribution in [3.63, 3.8) is 0 Å². The molecule has 1 aliphatic rings. The topological polar surface area (TPSA) is 4.93 Å². The second kappa shape index (κ2) is 6.39. The molecule has 0 fully saturated rings. The first kappa shape index (κ1) is 14.9. The van der Waals surface area contributed by atoms with Gasteiger partial charge in [0.15, 0.2) is 0 Å². The van der Waals surface area contributed by atoms with Crippen molar-refractivity contribution in [1.29, 1.82) is 0 Å². The summed E-state index contributed by atoms with van der Waals surface area (Å²) in [6.45, 7) is 7.98. The zero-order valence-corrected chi connectivity index (χ0v) is 14.5. The van der Waals surface area contributed by atoms with E-state index in [0.29, 0.717) is 0 Å². The van der Waals surface area contributed by atoms with Crippen LogP contribution >= 0.6 is 11.3 Å². The molecule has 2 heterocycles. The zero-order valence-electron chi connectivity index (χ0n) is 13.7. The van der Waals surface area contributed by atoms with Crippen LogP contribution in [0.3, 0.4) is 0 Å². The number of aryl methyl sites for hydroxylation is 2. The summed E-state index contributed by atoms with van der Waals surface area (Å²) in [4.78, 5) is 1.45. The molecule has 0 saturated heterocycles.